The zero-order chi connectivity index (χ0) is 9.64. The van der Waals surface area contributed by atoms with E-state index >= 15 is 0 Å². The largest absolute Gasteiger partial charge is 0.327 e. The molecule has 1 aliphatic carbocycles. The predicted octanol–water partition coefficient (Wildman–Crippen LogP) is 2.45. The lowest BCUT2D eigenvalue weighted by molar-refractivity contribution is 0.599. The third-order valence-electron chi connectivity index (χ3n) is 3.31. The van der Waals surface area contributed by atoms with E-state index in [1.165, 1.54) is 11.1 Å². The molecule has 0 radical (unpaired) electrons. The van der Waals surface area contributed by atoms with Gasteiger partial charge in [-0.15, -0.1) is 0 Å². The molecule has 1 fully saturated rings. The Labute approximate surface area is 80.0 Å². The molecule has 70 valence electrons. The van der Waals surface area contributed by atoms with Crippen molar-refractivity contribution < 1.29 is 0 Å². The molecule has 0 amide bonds. The quantitative estimate of drug-likeness (QED) is 0.697. The van der Waals surface area contributed by atoms with Crippen molar-refractivity contribution in [3.05, 3.63) is 35.4 Å². The van der Waals surface area contributed by atoms with Crippen molar-refractivity contribution in [1.82, 2.24) is 0 Å². The van der Waals surface area contributed by atoms with Crippen molar-refractivity contribution in [2.24, 2.45) is 11.1 Å². The molecule has 2 atom stereocenters. The number of hydrogen-bond acceptors (Lipinski definition) is 1. The van der Waals surface area contributed by atoms with Crippen LogP contribution in [-0.2, 0) is 0 Å². The fraction of sp³-hybridized carbons (Fsp3) is 0.500. The van der Waals surface area contributed by atoms with E-state index in [1.54, 1.807) is 0 Å². The van der Waals surface area contributed by atoms with Gasteiger partial charge in [0.1, 0.15) is 0 Å². The molecule has 2 rings (SSSR count). The zero-order valence-corrected chi connectivity index (χ0v) is 8.54. The minimum absolute atomic E-state index is 0.299. The van der Waals surface area contributed by atoms with E-state index in [9.17, 15) is 0 Å². The summed E-state index contributed by atoms with van der Waals surface area (Å²) in [6.07, 6.45) is 0. The highest BCUT2D eigenvalue weighted by molar-refractivity contribution is 5.36. The van der Waals surface area contributed by atoms with Gasteiger partial charge in [-0.25, -0.2) is 0 Å². The van der Waals surface area contributed by atoms with Crippen LogP contribution in [0.4, 0.5) is 0 Å². The second-order valence-electron chi connectivity index (χ2n) is 4.74. The standard InChI is InChI=1S/C12H17N/c1-8-5-4-6-9(7-8)10-11(13)12(10,2)3/h4-7,10-11H,13H2,1-3H3. The van der Waals surface area contributed by atoms with Crippen LogP contribution in [0.5, 0.6) is 0 Å². The lowest BCUT2D eigenvalue weighted by Gasteiger charge is -2.03. The third-order valence-corrected chi connectivity index (χ3v) is 3.31. The van der Waals surface area contributed by atoms with Gasteiger partial charge in [0.15, 0.2) is 0 Å². The van der Waals surface area contributed by atoms with Crippen LogP contribution in [0.1, 0.15) is 30.9 Å². The van der Waals surface area contributed by atoms with Gasteiger partial charge in [0.05, 0.1) is 0 Å². The van der Waals surface area contributed by atoms with E-state index in [-0.39, 0.29) is 0 Å². The Bertz CT molecular complexity index is 328. The average molecular weight is 175 g/mol. The van der Waals surface area contributed by atoms with Gasteiger partial charge in [-0.2, -0.15) is 0 Å². The van der Waals surface area contributed by atoms with Crippen LogP contribution < -0.4 is 5.73 Å². The van der Waals surface area contributed by atoms with Crippen LogP contribution >= 0.6 is 0 Å². The second kappa shape index (κ2) is 2.58. The molecule has 1 saturated carbocycles. The van der Waals surface area contributed by atoms with Gasteiger partial charge < -0.3 is 5.73 Å². The van der Waals surface area contributed by atoms with E-state index in [2.05, 4.69) is 45.0 Å². The molecular formula is C12H17N. The SMILES string of the molecule is Cc1cccc(C2C(N)C2(C)C)c1. The molecule has 1 aromatic rings. The first-order valence-electron chi connectivity index (χ1n) is 4.85. The number of aryl methyl sites for hydroxylation is 1. The summed E-state index contributed by atoms with van der Waals surface area (Å²) in [5, 5.41) is 0. The van der Waals surface area contributed by atoms with Crippen molar-refractivity contribution in [3.8, 4) is 0 Å². The molecule has 1 aliphatic rings. The lowest BCUT2D eigenvalue weighted by Crippen LogP contribution is -2.06. The molecule has 2 unspecified atom stereocenters. The summed E-state index contributed by atoms with van der Waals surface area (Å²) in [4.78, 5) is 0. The average Bonchev–Trinajstić information content (AvgIpc) is 2.51. The Kier molecular flexibility index (Phi) is 1.74. The van der Waals surface area contributed by atoms with Crippen molar-refractivity contribution >= 4 is 0 Å². The van der Waals surface area contributed by atoms with E-state index < -0.39 is 0 Å². The predicted molar refractivity (Wildman–Crippen MR) is 55.7 cm³/mol. The molecule has 0 bridgehead atoms. The summed E-state index contributed by atoms with van der Waals surface area (Å²) < 4.78 is 0. The molecule has 1 aromatic carbocycles. The second-order valence-corrected chi connectivity index (χ2v) is 4.74. The van der Waals surface area contributed by atoms with Crippen LogP contribution in [0.2, 0.25) is 0 Å². The maximum Gasteiger partial charge on any atom is 0.0172 e. The van der Waals surface area contributed by atoms with Gasteiger partial charge in [0, 0.05) is 12.0 Å². The number of nitrogens with two attached hydrogens (primary N) is 1. The molecule has 0 saturated heterocycles. The number of benzene rings is 1. The Balaban J connectivity index is 2.29. The summed E-state index contributed by atoms with van der Waals surface area (Å²) in [7, 11) is 0. The van der Waals surface area contributed by atoms with Gasteiger partial charge >= 0.3 is 0 Å². The maximum absolute atomic E-state index is 6.03. The maximum atomic E-state index is 6.03. The van der Waals surface area contributed by atoms with Gasteiger partial charge in [-0.3, -0.25) is 0 Å². The monoisotopic (exact) mass is 175 g/mol. The van der Waals surface area contributed by atoms with E-state index in [0.29, 0.717) is 17.4 Å². The summed E-state index contributed by atoms with van der Waals surface area (Å²) in [6.45, 7) is 6.61. The normalized spacial score (nSPS) is 30.2. The van der Waals surface area contributed by atoms with Crippen molar-refractivity contribution in [2.75, 3.05) is 0 Å². The van der Waals surface area contributed by atoms with Gasteiger partial charge in [0.2, 0.25) is 0 Å². The van der Waals surface area contributed by atoms with E-state index in [0.717, 1.165) is 0 Å². The molecule has 1 heteroatoms. The minimum atomic E-state index is 0.299. The Morgan fingerprint density at radius 3 is 2.38 bits per heavy atom. The minimum Gasteiger partial charge on any atom is -0.327 e. The summed E-state index contributed by atoms with van der Waals surface area (Å²) in [5.74, 6) is 0.562. The van der Waals surface area contributed by atoms with Crippen LogP contribution in [0.25, 0.3) is 0 Å². The molecular weight excluding hydrogens is 158 g/mol. The topological polar surface area (TPSA) is 26.0 Å². The molecule has 0 aromatic heterocycles. The smallest absolute Gasteiger partial charge is 0.0172 e. The molecule has 13 heavy (non-hydrogen) atoms. The van der Waals surface area contributed by atoms with E-state index in [1.807, 2.05) is 0 Å². The zero-order valence-electron chi connectivity index (χ0n) is 8.54. The number of hydrogen-bond donors (Lipinski definition) is 1. The summed E-state index contributed by atoms with van der Waals surface area (Å²) in [5.41, 5.74) is 9.05. The summed E-state index contributed by atoms with van der Waals surface area (Å²) in [6, 6.07) is 9.02. The molecule has 1 nitrogen and oxygen atoms in total. The van der Waals surface area contributed by atoms with Crippen molar-refractivity contribution in [3.63, 3.8) is 0 Å². The van der Waals surface area contributed by atoms with Crippen molar-refractivity contribution in [2.45, 2.75) is 32.7 Å². The molecule has 0 heterocycles. The Morgan fingerprint density at radius 1 is 1.31 bits per heavy atom. The Hall–Kier alpha value is -0.820. The highest BCUT2D eigenvalue weighted by atomic mass is 14.8. The van der Waals surface area contributed by atoms with Crippen molar-refractivity contribution in [1.29, 1.82) is 0 Å². The third kappa shape index (κ3) is 1.28. The van der Waals surface area contributed by atoms with Crippen LogP contribution in [-0.4, -0.2) is 6.04 Å². The molecule has 0 spiro atoms. The molecule has 0 aliphatic heterocycles. The number of rotatable bonds is 1. The van der Waals surface area contributed by atoms with E-state index in [4.69, 9.17) is 5.73 Å². The van der Waals surface area contributed by atoms with Crippen LogP contribution in [0.15, 0.2) is 24.3 Å². The van der Waals surface area contributed by atoms with Crippen LogP contribution in [0, 0.1) is 12.3 Å². The first-order chi connectivity index (χ1) is 6.03. The Morgan fingerprint density at radius 2 is 1.92 bits per heavy atom. The van der Waals surface area contributed by atoms with Crippen LogP contribution in [0.3, 0.4) is 0 Å². The fourth-order valence-electron chi connectivity index (χ4n) is 2.18. The lowest BCUT2D eigenvalue weighted by atomic mass is 10.0. The molecule has 2 N–H and O–H groups in total. The van der Waals surface area contributed by atoms with Gasteiger partial charge in [0.25, 0.3) is 0 Å². The first kappa shape index (κ1) is 8.76. The highest BCUT2D eigenvalue weighted by Gasteiger charge is 2.55. The highest BCUT2D eigenvalue weighted by Crippen LogP contribution is 2.57. The fourth-order valence-corrected chi connectivity index (χ4v) is 2.18. The van der Waals surface area contributed by atoms with Gasteiger partial charge in [-0.1, -0.05) is 43.7 Å². The first-order valence-corrected chi connectivity index (χ1v) is 4.85. The van der Waals surface area contributed by atoms with Gasteiger partial charge in [-0.05, 0) is 17.9 Å². The summed E-state index contributed by atoms with van der Waals surface area (Å²) >= 11 is 0.